The molecule has 110 valence electrons. The number of ether oxygens (including phenoxy) is 1. The predicted octanol–water partition coefficient (Wildman–Crippen LogP) is 1.06. The minimum absolute atomic E-state index is 0.0492. The summed E-state index contributed by atoms with van der Waals surface area (Å²) >= 11 is 0. The Labute approximate surface area is 119 Å². The van der Waals surface area contributed by atoms with Crippen molar-refractivity contribution >= 4 is 10.0 Å². The third-order valence-electron chi connectivity index (χ3n) is 4.05. The van der Waals surface area contributed by atoms with Crippen LogP contribution in [0.3, 0.4) is 0 Å². The van der Waals surface area contributed by atoms with Crippen molar-refractivity contribution in [3.05, 3.63) is 23.8 Å². The number of benzene rings is 1. The average molecular weight is 297 g/mol. The zero-order valence-corrected chi connectivity index (χ0v) is 12.2. The maximum atomic E-state index is 12.3. The van der Waals surface area contributed by atoms with Crippen molar-refractivity contribution in [3.8, 4) is 5.75 Å². The zero-order chi connectivity index (χ0) is 14.4. The van der Waals surface area contributed by atoms with Crippen LogP contribution >= 0.6 is 0 Å². The molecule has 1 aliphatic heterocycles. The first-order valence-corrected chi connectivity index (χ1v) is 8.35. The first-order chi connectivity index (χ1) is 9.38. The summed E-state index contributed by atoms with van der Waals surface area (Å²) < 4.78 is 32.4. The smallest absolute Gasteiger partial charge is 0.240 e. The van der Waals surface area contributed by atoms with E-state index in [0.29, 0.717) is 6.61 Å². The number of aliphatic hydroxyl groups is 1. The molecule has 1 fully saturated rings. The molecule has 1 aliphatic carbocycles. The van der Waals surface area contributed by atoms with Gasteiger partial charge >= 0.3 is 0 Å². The maximum absolute atomic E-state index is 12.3. The van der Waals surface area contributed by atoms with Crippen molar-refractivity contribution in [2.45, 2.75) is 36.7 Å². The highest BCUT2D eigenvalue weighted by Crippen LogP contribution is 2.39. The Morgan fingerprint density at radius 3 is 2.90 bits per heavy atom. The molecule has 1 aromatic rings. The molecule has 2 aliphatic rings. The van der Waals surface area contributed by atoms with E-state index < -0.39 is 15.6 Å². The van der Waals surface area contributed by atoms with Gasteiger partial charge in [-0.3, -0.25) is 0 Å². The van der Waals surface area contributed by atoms with Crippen molar-refractivity contribution in [2.24, 2.45) is 5.92 Å². The molecule has 0 unspecified atom stereocenters. The number of rotatable bonds is 5. The Morgan fingerprint density at radius 1 is 1.45 bits per heavy atom. The van der Waals surface area contributed by atoms with Crippen LogP contribution in [-0.4, -0.2) is 32.3 Å². The van der Waals surface area contributed by atoms with Crippen LogP contribution < -0.4 is 9.46 Å². The van der Waals surface area contributed by atoms with Gasteiger partial charge in [-0.05, 0) is 49.4 Å². The van der Waals surface area contributed by atoms with Gasteiger partial charge in [0.05, 0.1) is 17.1 Å². The molecule has 0 radical (unpaired) electrons. The van der Waals surface area contributed by atoms with Crippen molar-refractivity contribution in [1.82, 2.24) is 4.72 Å². The fourth-order valence-electron chi connectivity index (χ4n) is 2.50. The van der Waals surface area contributed by atoms with E-state index in [1.54, 1.807) is 25.1 Å². The molecule has 5 nitrogen and oxygen atoms in total. The summed E-state index contributed by atoms with van der Waals surface area (Å²) in [5.74, 6) is 0.965. The molecule has 1 heterocycles. The molecule has 3 rings (SSSR count). The van der Waals surface area contributed by atoms with Gasteiger partial charge in [-0.1, -0.05) is 0 Å². The minimum Gasteiger partial charge on any atom is -0.493 e. The van der Waals surface area contributed by atoms with Crippen LogP contribution in [0, 0.1) is 5.92 Å². The van der Waals surface area contributed by atoms with Crippen molar-refractivity contribution in [1.29, 1.82) is 0 Å². The summed E-state index contributed by atoms with van der Waals surface area (Å²) in [6.07, 6.45) is 2.66. The molecule has 0 amide bonds. The van der Waals surface area contributed by atoms with Crippen molar-refractivity contribution < 1.29 is 18.3 Å². The van der Waals surface area contributed by atoms with E-state index in [-0.39, 0.29) is 17.4 Å². The molecular weight excluding hydrogens is 278 g/mol. The number of nitrogens with one attached hydrogen (secondary N) is 1. The Kier molecular flexibility index (Phi) is 3.27. The van der Waals surface area contributed by atoms with Crippen LogP contribution in [0.25, 0.3) is 0 Å². The van der Waals surface area contributed by atoms with Crippen LogP contribution in [0.4, 0.5) is 0 Å². The number of hydrogen-bond acceptors (Lipinski definition) is 4. The fraction of sp³-hybridized carbons (Fsp3) is 0.571. The third kappa shape index (κ3) is 2.68. The topological polar surface area (TPSA) is 75.6 Å². The van der Waals surface area contributed by atoms with Gasteiger partial charge in [0.15, 0.2) is 0 Å². The molecule has 1 saturated carbocycles. The first kappa shape index (κ1) is 13.9. The molecular formula is C14H19NO4S. The third-order valence-corrected chi connectivity index (χ3v) is 5.45. The van der Waals surface area contributed by atoms with Gasteiger partial charge in [-0.2, -0.15) is 0 Å². The monoisotopic (exact) mass is 297 g/mol. The number of sulfonamides is 1. The van der Waals surface area contributed by atoms with Gasteiger partial charge in [0.2, 0.25) is 10.0 Å². The van der Waals surface area contributed by atoms with Crippen LogP contribution in [0.1, 0.15) is 25.3 Å². The average Bonchev–Trinajstić information content (AvgIpc) is 3.16. The lowest BCUT2D eigenvalue weighted by Gasteiger charge is -2.23. The molecule has 1 atom stereocenters. The van der Waals surface area contributed by atoms with Gasteiger partial charge in [-0.15, -0.1) is 0 Å². The maximum Gasteiger partial charge on any atom is 0.240 e. The lowest BCUT2D eigenvalue weighted by atomic mass is 10.0. The largest absolute Gasteiger partial charge is 0.493 e. The SMILES string of the molecule is C[C@](O)(CNS(=O)(=O)c1ccc2c(c1)CCO2)C1CC1. The second-order valence-corrected chi connectivity index (χ2v) is 7.59. The first-order valence-electron chi connectivity index (χ1n) is 6.86. The van der Waals surface area contributed by atoms with Crippen LogP contribution in [0.2, 0.25) is 0 Å². The Morgan fingerprint density at radius 2 is 2.20 bits per heavy atom. The second kappa shape index (κ2) is 4.72. The van der Waals surface area contributed by atoms with E-state index in [9.17, 15) is 13.5 Å². The molecule has 6 heteroatoms. The predicted molar refractivity (Wildman–Crippen MR) is 74.2 cm³/mol. The molecule has 0 bridgehead atoms. The lowest BCUT2D eigenvalue weighted by Crippen LogP contribution is -2.42. The van der Waals surface area contributed by atoms with Gasteiger partial charge in [0.25, 0.3) is 0 Å². The molecule has 20 heavy (non-hydrogen) atoms. The van der Waals surface area contributed by atoms with Crippen molar-refractivity contribution in [2.75, 3.05) is 13.2 Å². The zero-order valence-electron chi connectivity index (χ0n) is 11.4. The summed E-state index contributed by atoms with van der Waals surface area (Å²) in [6, 6.07) is 4.88. The Hall–Kier alpha value is -1.11. The summed E-state index contributed by atoms with van der Waals surface area (Å²) in [7, 11) is -3.59. The van der Waals surface area contributed by atoms with E-state index in [2.05, 4.69) is 4.72 Å². The van der Waals surface area contributed by atoms with Gasteiger partial charge in [0, 0.05) is 13.0 Å². The molecule has 2 N–H and O–H groups in total. The van der Waals surface area contributed by atoms with Crippen LogP contribution in [-0.2, 0) is 16.4 Å². The lowest BCUT2D eigenvalue weighted by molar-refractivity contribution is 0.0422. The Bertz CT molecular complexity index is 620. The molecule has 0 spiro atoms. The van der Waals surface area contributed by atoms with Crippen molar-refractivity contribution in [3.63, 3.8) is 0 Å². The van der Waals surface area contributed by atoms with E-state index in [1.165, 1.54) is 0 Å². The highest BCUT2D eigenvalue weighted by molar-refractivity contribution is 7.89. The number of hydrogen-bond donors (Lipinski definition) is 2. The summed E-state index contributed by atoms with van der Waals surface area (Å²) in [6.45, 7) is 2.33. The quantitative estimate of drug-likeness (QED) is 0.852. The standard InChI is InChI=1S/C14H19NO4S/c1-14(16,11-2-3-11)9-15-20(17,18)12-4-5-13-10(8-12)6-7-19-13/h4-5,8,11,15-16H,2-3,6-7,9H2,1H3/t14-/m0/s1. The molecule has 0 aromatic heterocycles. The van der Waals surface area contributed by atoms with E-state index in [4.69, 9.17) is 4.74 Å². The molecule has 0 saturated heterocycles. The fourth-order valence-corrected chi connectivity index (χ4v) is 3.70. The number of fused-ring (bicyclic) bond motifs is 1. The van der Waals surface area contributed by atoms with E-state index in [1.807, 2.05) is 0 Å². The van der Waals surface area contributed by atoms with Gasteiger partial charge < -0.3 is 9.84 Å². The van der Waals surface area contributed by atoms with Gasteiger partial charge in [-0.25, -0.2) is 13.1 Å². The normalized spacial score (nSPS) is 21.1. The highest BCUT2D eigenvalue weighted by atomic mass is 32.2. The Balaban J connectivity index is 1.74. The molecule has 1 aromatic carbocycles. The summed E-state index contributed by atoms with van der Waals surface area (Å²) in [5.41, 5.74) is -0.0470. The second-order valence-electron chi connectivity index (χ2n) is 5.82. The van der Waals surface area contributed by atoms with Crippen LogP contribution in [0.5, 0.6) is 5.75 Å². The highest BCUT2D eigenvalue weighted by Gasteiger charge is 2.40. The van der Waals surface area contributed by atoms with E-state index >= 15 is 0 Å². The van der Waals surface area contributed by atoms with E-state index in [0.717, 1.165) is 30.6 Å². The van der Waals surface area contributed by atoms with Crippen LogP contribution in [0.15, 0.2) is 23.1 Å². The summed E-state index contributed by atoms with van der Waals surface area (Å²) in [5, 5.41) is 10.2. The minimum atomic E-state index is -3.59. The summed E-state index contributed by atoms with van der Waals surface area (Å²) in [4.78, 5) is 0.230. The van der Waals surface area contributed by atoms with Gasteiger partial charge in [0.1, 0.15) is 5.75 Å².